The summed E-state index contributed by atoms with van der Waals surface area (Å²) in [5.74, 6) is 0. The molecule has 0 aliphatic rings. The highest BCUT2D eigenvalue weighted by atomic mass is 35.5. The lowest BCUT2D eigenvalue weighted by Crippen LogP contribution is -1.92. The van der Waals surface area contributed by atoms with Gasteiger partial charge >= 0.3 is 7.60 Å². The van der Waals surface area contributed by atoms with Gasteiger partial charge in [0.25, 0.3) is 0 Å². The maximum Gasteiger partial charge on any atom is 0.360 e. The van der Waals surface area contributed by atoms with E-state index in [1.54, 1.807) is 24.3 Å². The molecule has 0 aliphatic heterocycles. The van der Waals surface area contributed by atoms with Gasteiger partial charge in [0.15, 0.2) is 0 Å². The zero-order chi connectivity index (χ0) is 11.5. The lowest BCUT2D eigenvalue weighted by Gasteiger charge is -2.16. The molecule has 1 rings (SSSR count). The van der Waals surface area contributed by atoms with Crippen molar-refractivity contribution in [1.82, 2.24) is 0 Å². The van der Waals surface area contributed by atoms with E-state index in [0.717, 1.165) is 0 Å². The summed E-state index contributed by atoms with van der Waals surface area (Å²) >= 11 is 5.95. The van der Waals surface area contributed by atoms with Crippen LogP contribution in [0.1, 0.15) is 5.56 Å². The number of hydrogen-bond donors (Lipinski definition) is 0. The minimum Gasteiger partial charge on any atom is -0.309 e. The van der Waals surface area contributed by atoms with Gasteiger partial charge in [-0.2, -0.15) is 0 Å². The second-order valence-electron chi connectivity index (χ2n) is 2.79. The van der Waals surface area contributed by atoms with Gasteiger partial charge in [-0.15, -0.1) is 0 Å². The fourth-order valence-corrected chi connectivity index (χ4v) is 2.53. The molecule has 0 radical (unpaired) electrons. The molecule has 0 saturated carbocycles. The maximum absolute atomic E-state index is 12.0. The van der Waals surface area contributed by atoms with Crippen LogP contribution in [0.15, 0.2) is 30.8 Å². The summed E-state index contributed by atoms with van der Waals surface area (Å²) in [5.41, 5.74) is 0.575. The summed E-state index contributed by atoms with van der Waals surface area (Å²) in [6.07, 6.45) is 0. The van der Waals surface area contributed by atoms with Crippen LogP contribution in [0.25, 0.3) is 5.31 Å². The smallest absolute Gasteiger partial charge is 0.309 e. The van der Waals surface area contributed by atoms with E-state index in [-0.39, 0.29) is 5.31 Å². The average Bonchev–Trinajstić information content (AvgIpc) is 2.28. The standard InChI is InChI=1S/C10H12ClO3P/c1-8(15(12,13-2)14-3)9-6-4-5-7-10(9)11/h4-7H,1H2,2-3H3. The fourth-order valence-electron chi connectivity index (χ4n) is 1.14. The third-order valence-corrected chi connectivity index (χ3v) is 4.19. The summed E-state index contributed by atoms with van der Waals surface area (Å²) in [6.45, 7) is 3.70. The van der Waals surface area contributed by atoms with Crippen molar-refractivity contribution in [2.45, 2.75) is 0 Å². The first-order chi connectivity index (χ1) is 7.05. The fraction of sp³-hybridized carbons (Fsp3) is 0.200. The molecule has 0 aromatic heterocycles. The Kier molecular flexibility index (Phi) is 4.12. The quantitative estimate of drug-likeness (QED) is 0.758. The molecule has 1 aromatic rings. The van der Waals surface area contributed by atoms with Gasteiger partial charge in [-0.05, 0) is 6.07 Å². The van der Waals surface area contributed by atoms with Crippen molar-refractivity contribution in [3.63, 3.8) is 0 Å². The van der Waals surface area contributed by atoms with Crippen LogP contribution >= 0.6 is 19.2 Å². The molecule has 0 unspecified atom stereocenters. The van der Waals surface area contributed by atoms with Gasteiger partial charge in [-0.25, -0.2) is 0 Å². The molecule has 1 aromatic carbocycles. The van der Waals surface area contributed by atoms with Crippen LogP contribution in [-0.4, -0.2) is 14.2 Å². The van der Waals surface area contributed by atoms with E-state index in [0.29, 0.717) is 10.6 Å². The van der Waals surface area contributed by atoms with Crippen LogP contribution in [-0.2, 0) is 13.6 Å². The third-order valence-electron chi connectivity index (χ3n) is 2.00. The SMILES string of the molecule is C=C(c1ccccc1Cl)P(=O)(OC)OC. The van der Waals surface area contributed by atoms with Gasteiger partial charge in [0.1, 0.15) is 0 Å². The van der Waals surface area contributed by atoms with Crippen LogP contribution in [0.2, 0.25) is 5.02 Å². The van der Waals surface area contributed by atoms with Crippen molar-refractivity contribution >= 4 is 24.5 Å². The van der Waals surface area contributed by atoms with E-state index in [1.165, 1.54) is 14.2 Å². The molecule has 0 saturated heterocycles. The Balaban J connectivity index is 3.15. The van der Waals surface area contributed by atoms with Crippen molar-refractivity contribution in [3.8, 4) is 0 Å². The molecule has 0 spiro atoms. The molecule has 0 fully saturated rings. The monoisotopic (exact) mass is 246 g/mol. The molecule has 82 valence electrons. The number of rotatable bonds is 4. The van der Waals surface area contributed by atoms with Crippen molar-refractivity contribution in [1.29, 1.82) is 0 Å². The van der Waals surface area contributed by atoms with E-state index in [9.17, 15) is 4.57 Å². The van der Waals surface area contributed by atoms with Gasteiger partial charge in [-0.1, -0.05) is 36.4 Å². The van der Waals surface area contributed by atoms with Gasteiger partial charge in [0, 0.05) is 24.8 Å². The van der Waals surface area contributed by atoms with Crippen LogP contribution < -0.4 is 0 Å². The minimum absolute atomic E-state index is 0.262. The molecule has 0 heterocycles. The predicted octanol–water partition coefficient (Wildman–Crippen LogP) is 3.80. The first-order valence-corrected chi connectivity index (χ1v) is 6.13. The molecule has 0 atom stereocenters. The third kappa shape index (κ3) is 2.50. The van der Waals surface area contributed by atoms with Gasteiger partial charge < -0.3 is 9.05 Å². The minimum atomic E-state index is -3.30. The Morgan fingerprint density at radius 1 is 1.33 bits per heavy atom. The van der Waals surface area contributed by atoms with Crippen LogP contribution in [0.3, 0.4) is 0 Å². The molecule has 0 aliphatic carbocycles. The highest BCUT2D eigenvalue weighted by Crippen LogP contribution is 2.59. The lowest BCUT2D eigenvalue weighted by atomic mass is 10.2. The first-order valence-electron chi connectivity index (χ1n) is 4.21. The van der Waals surface area contributed by atoms with E-state index in [4.69, 9.17) is 20.6 Å². The number of hydrogen-bond acceptors (Lipinski definition) is 3. The van der Waals surface area contributed by atoms with Gasteiger partial charge in [0.2, 0.25) is 0 Å². The Morgan fingerprint density at radius 2 is 1.87 bits per heavy atom. The average molecular weight is 247 g/mol. The van der Waals surface area contributed by atoms with Crippen molar-refractivity contribution in [2.24, 2.45) is 0 Å². The summed E-state index contributed by atoms with van der Waals surface area (Å²) < 4.78 is 21.7. The number of halogens is 1. The molecule has 15 heavy (non-hydrogen) atoms. The van der Waals surface area contributed by atoms with Crippen molar-refractivity contribution < 1.29 is 13.6 Å². The topological polar surface area (TPSA) is 35.5 Å². The van der Waals surface area contributed by atoms with Crippen LogP contribution in [0.4, 0.5) is 0 Å². The maximum atomic E-state index is 12.0. The van der Waals surface area contributed by atoms with Crippen molar-refractivity contribution in [2.75, 3.05) is 14.2 Å². The molecule has 0 bridgehead atoms. The van der Waals surface area contributed by atoms with E-state index in [1.807, 2.05) is 0 Å². The summed E-state index contributed by atoms with van der Waals surface area (Å²) in [6, 6.07) is 6.97. The molecular formula is C10H12ClO3P. The summed E-state index contributed by atoms with van der Waals surface area (Å²) in [7, 11) is -0.676. The molecule has 5 heteroatoms. The Bertz CT molecular complexity index is 409. The zero-order valence-electron chi connectivity index (χ0n) is 8.57. The summed E-state index contributed by atoms with van der Waals surface area (Å²) in [4.78, 5) is 0. The Hall–Kier alpha value is -0.600. The van der Waals surface area contributed by atoms with Gasteiger partial charge in [-0.3, -0.25) is 4.57 Å². The first kappa shape index (κ1) is 12.5. The van der Waals surface area contributed by atoms with Crippen LogP contribution in [0, 0.1) is 0 Å². The largest absolute Gasteiger partial charge is 0.360 e. The molecular weight excluding hydrogens is 235 g/mol. The molecule has 0 N–H and O–H groups in total. The molecule has 0 amide bonds. The van der Waals surface area contributed by atoms with E-state index in [2.05, 4.69) is 6.58 Å². The normalized spacial score (nSPS) is 11.4. The predicted molar refractivity (Wildman–Crippen MR) is 62.1 cm³/mol. The Labute approximate surface area is 94.2 Å². The molecule has 3 nitrogen and oxygen atoms in total. The Morgan fingerprint density at radius 3 is 2.33 bits per heavy atom. The lowest BCUT2D eigenvalue weighted by molar-refractivity contribution is 0.288. The van der Waals surface area contributed by atoms with Gasteiger partial charge in [0.05, 0.1) is 5.31 Å². The van der Waals surface area contributed by atoms with Crippen molar-refractivity contribution in [3.05, 3.63) is 41.4 Å². The highest BCUT2D eigenvalue weighted by Gasteiger charge is 2.28. The number of benzene rings is 1. The van der Waals surface area contributed by atoms with E-state index >= 15 is 0 Å². The van der Waals surface area contributed by atoms with E-state index < -0.39 is 7.60 Å². The zero-order valence-corrected chi connectivity index (χ0v) is 10.2. The van der Waals surface area contributed by atoms with Crippen LogP contribution in [0.5, 0.6) is 0 Å². The second kappa shape index (κ2) is 4.95. The second-order valence-corrected chi connectivity index (χ2v) is 5.46. The highest BCUT2D eigenvalue weighted by molar-refractivity contribution is 7.65. The summed E-state index contributed by atoms with van der Waals surface area (Å²) in [5, 5.41) is 0.731.